The standard InChI is InChI=1S/C14H11Br2NO3/c1-20-13-7-9(3-5-11(13)16)17-14(19)8-2-4-10(15)12(18)6-8/h2-7,18H,1H3,(H,17,19). The predicted molar refractivity (Wildman–Crippen MR) is 84.5 cm³/mol. The smallest absolute Gasteiger partial charge is 0.255 e. The van der Waals surface area contributed by atoms with E-state index < -0.39 is 0 Å². The Morgan fingerprint density at radius 3 is 2.50 bits per heavy atom. The summed E-state index contributed by atoms with van der Waals surface area (Å²) in [7, 11) is 1.55. The summed E-state index contributed by atoms with van der Waals surface area (Å²) < 4.78 is 6.51. The van der Waals surface area contributed by atoms with Crippen LogP contribution in [0.15, 0.2) is 45.3 Å². The minimum atomic E-state index is -0.308. The third-order valence-corrected chi connectivity index (χ3v) is 3.94. The number of halogens is 2. The van der Waals surface area contributed by atoms with E-state index in [4.69, 9.17) is 4.74 Å². The van der Waals surface area contributed by atoms with Crippen molar-refractivity contribution in [3.63, 3.8) is 0 Å². The Hall–Kier alpha value is -1.53. The SMILES string of the molecule is COc1cc(NC(=O)c2ccc(Br)c(O)c2)ccc1Br. The third-order valence-electron chi connectivity index (χ3n) is 2.62. The Morgan fingerprint density at radius 2 is 1.85 bits per heavy atom. The lowest BCUT2D eigenvalue weighted by Crippen LogP contribution is -2.11. The van der Waals surface area contributed by atoms with Crippen molar-refractivity contribution >= 4 is 43.5 Å². The zero-order chi connectivity index (χ0) is 14.7. The Morgan fingerprint density at radius 1 is 1.15 bits per heavy atom. The fourth-order valence-corrected chi connectivity index (χ4v) is 2.25. The molecule has 6 heteroatoms. The number of rotatable bonds is 3. The summed E-state index contributed by atoms with van der Waals surface area (Å²) in [4.78, 5) is 12.1. The molecule has 104 valence electrons. The van der Waals surface area contributed by atoms with Gasteiger partial charge in [-0.05, 0) is 62.2 Å². The van der Waals surface area contributed by atoms with Crippen LogP contribution in [0.25, 0.3) is 0 Å². The van der Waals surface area contributed by atoms with E-state index in [0.717, 1.165) is 4.47 Å². The number of aromatic hydroxyl groups is 1. The van der Waals surface area contributed by atoms with Crippen molar-refractivity contribution in [2.24, 2.45) is 0 Å². The number of amides is 1. The molecule has 0 atom stereocenters. The molecule has 20 heavy (non-hydrogen) atoms. The normalized spacial score (nSPS) is 10.2. The highest BCUT2D eigenvalue weighted by atomic mass is 79.9. The summed E-state index contributed by atoms with van der Waals surface area (Å²) in [5.74, 6) is 0.338. The van der Waals surface area contributed by atoms with Crippen molar-refractivity contribution in [1.82, 2.24) is 0 Å². The Bertz CT molecular complexity index is 659. The quantitative estimate of drug-likeness (QED) is 0.812. The van der Waals surface area contributed by atoms with Gasteiger partial charge in [0.05, 0.1) is 16.1 Å². The van der Waals surface area contributed by atoms with Crippen LogP contribution in [0.2, 0.25) is 0 Å². The van der Waals surface area contributed by atoms with Gasteiger partial charge in [0.2, 0.25) is 0 Å². The van der Waals surface area contributed by atoms with E-state index in [-0.39, 0.29) is 11.7 Å². The van der Waals surface area contributed by atoms with E-state index in [1.54, 1.807) is 37.4 Å². The Kier molecular flexibility index (Phi) is 4.67. The largest absolute Gasteiger partial charge is 0.507 e. The molecule has 2 aromatic rings. The van der Waals surface area contributed by atoms with Crippen LogP contribution in [0.4, 0.5) is 5.69 Å². The van der Waals surface area contributed by atoms with Crippen molar-refractivity contribution in [2.75, 3.05) is 12.4 Å². The molecule has 4 nitrogen and oxygen atoms in total. The van der Waals surface area contributed by atoms with Crippen molar-refractivity contribution < 1.29 is 14.6 Å². The van der Waals surface area contributed by atoms with Gasteiger partial charge in [-0.15, -0.1) is 0 Å². The van der Waals surface area contributed by atoms with Gasteiger partial charge in [-0.25, -0.2) is 0 Å². The van der Waals surface area contributed by atoms with E-state index in [2.05, 4.69) is 37.2 Å². The zero-order valence-corrected chi connectivity index (χ0v) is 13.7. The number of phenols is 1. The summed E-state index contributed by atoms with van der Waals surface area (Å²) in [6, 6.07) is 9.88. The topological polar surface area (TPSA) is 58.6 Å². The van der Waals surface area contributed by atoms with Gasteiger partial charge in [-0.2, -0.15) is 0 Å². The second kappa shape index (κ2) is 6.28. The van der Waals surface area contributed by atoms with Gasteiger partial charge < -0.3 is 15.2 Å². The average Bonchev–Trinajstić information content (AvgIpc) is 2.43. The maximum Gasteiger partial charge on any atom is 0.255 e. The first-order valence-corrected chi connectivity index (χ1v) is 7.23. The monoisotopic (exact) mass is 399 g/mol. The van der Waals surface area contributed by atoms with Crippen LogP contribution in [-0.2, 0) is 0 Å². The first kappa shape index (κ1) is 14.9. The molecule has 0 heterocycles. The third kappa shape index (κ3) is 3.32. The van der Waals surface area contributed by atoms with Crippen LogP contribution in [0, 0.1) is 0 Å². The Labute approximate surface area is 133 Å². The van der Waals surface area contributed by atoms with Crippen molar-refractivity contribution in [3.8, 4) is 11.5 Å². The Balaban J connectivity index is 2.21. The van der Waals surface area contributed by atoms with Crippen LogP contribution in [0.3, 0.4) is 0 Å². The second-order valence-corrected chi connectivity index (χ2v) is 5.68. The predicted octanol–water partition coefficient (Wildman–Crippen LogP) is 4.18. The number of anilines is 1. The lowest BCUT2D eigenvalue weighted by molar-refractivity contribution is 0.102. The molecule has 2 rings (SSSR count). The highest BCUT2D eigenvalue weighted by Gasteiger charge is 2.10. The molecule has 0 aromatic heterocycles. The van der Waals surface area contributed by atoms with Gasteiger partial charge in [0.1, 0.15) is 11.5 Å². The zero-order valence-electron chi connectivity index (χ0n) is 10.5. The molecular formula is C14H11Br2NO3. The first-order chi connectivity index (χ1) is 9.51. The van der Waals surface area contributed by atoms with Gasteiger partial charge in [-0.1, -0.05) is 0 Å². The van der Waals surface area contributed by atoms with Gasteiger partial charge in [0.25, 0.3) is 5.91 Å². The van der Waals surface area contributed by atoms with Gasteiger partial charge >= 0.3 is 0 Å². The molecule has 0 saturated heterocycles. The number of hydrogen-bond donors (Lipinski definition) is 2. The van der Waals surface area contributed by atoms with Crippen molar-refractivity contribution in [2.45, 2.75) is 0 Å². The van der Waals surface area contributed by atoms with Crippen LogP contribution >= 0.6 is 31.9 Å². The summed E-state index contributed by atoms with van der Waals surface area (Å²) in [6.07, 6.45) is 0. The van der Waals surface area contributed by atoms with E-state index in [1.165, 1.54) is 6.07 Å². The average molecular weight is 401 g/mol. The van der Waals surface area contributed by atoms with Crippen LogP contribution in [0.5, 0.6) is 11.5 Å². The minimum absolute atomic E-state index is 0.0195. The van der Waals surface area contributed by atoms with E-state index >= 15 is 0 Å². The van der Waals surface area contributed by atoms with Crippen LogP contribution in [-0.4, -0.2) is 18.1 Å². The molecule has 0 radical (unpaired) electrons. The number of methoxy groups -OCH3 is 1. The molecule has 0 bridgehead atoms. The van der Waals surface area contributed by atoms with Gasteiger partial charge in [0.15, 0.2) is 0 Å². The fraction of sp³-hybridized carbons (Fsp3) is 0.0714. The molecule has 0 spiro atoms. The molecule has 0 unspecified atom stereocenters. The first-order valence-electron chi connectivity index (χ1n) is 5.64. The van der Waals surface area contributed by atoms with Gasteiger partial charge in [0, 0.05) is 17.3 Å². The number of hydrogen-bond acceptors (Lipinski definition) is 3. The molecule has 0 aliphatic heterocycles. The highest BCUT2D eigenvalue weighted by molar-refractivity contribution is 9.10. The lowest BCUT2D eigenvalue weighted by atomic mass is 10.2. The second-order valence-electron chi connectivity index (χ2n) is 3.97. The molecular weight excluding hydrogens is 390 g/mol. The molecule has 0 aliphatic rings. The summed E-state index contributed by atoms with van der Waals surface area (Å²) >= 11 is 6.51. The molecule has 1 amide bonds. The van der Waals surface area contributed by atoms with Gasteiger partial charge in [-0.3, -0.25) is 4.79 Å². The molecule has 0 aliphatic carbocycles. The van der Waals surface area contributed by atoms with Crippen LogP contribution in [0.1, 0.15) is 10.4 Å². The number of carbonyl (C=O) groups excluding carboxylic acids is 1. The van der Waals surface area contributed by atoms with Crippen molar-refractivity contribution in [1.29, 1.82) is 0 Å². The minimum Gasteiger partial charge on any atom is -0.507 e. The molecule has 2 aromatic carbocycles. The number of carbonyl (C=O) groups is 1. The summed E-state index contributed by atoms with van der Waals surface area (Å²) in [5, 5.41) is 12.3. The summed E-state index contributed by atoms with van der Waals surface area (Å²) in [5.41, 5.74) is 0.977. The molecule has 0 saturated carbocycles. The number of benzene rings is 2. The molecule has 0 fully saturated rings. The highest BCUT2D eigenvalue weighted by Crippen LogP contribution is 2.29. The lowest BCUT2D eigenvalue weighted by Gasteiger charge is -2.09. The summed E-state index contributed by atoms with van der Waals surface area (Å²) in [6.45, 7) is 0. The number of ether oxygens (including phenoxy) is 1. The fourth-order valence-electron chi connectivity index (χ4n) is 1.59. The van der Waals surface area contributed by atoms with Crippen molar-refractivity contribution in [3.05, 3.63) is 50.9 Å². The maximum absolute atomic E-state index is 12.1. The maximum atomic E-state index is 12.1. The number of nitrogens with one attached hydrogen (secondary N) is 1. The number of phenolic OH excluding ortho intramolecular Hbond substituents is 1. The van der Waals surface area contributed by atoms with Crippen LogP contribution < -0.4 is 10.1 Å². The van der Waals surface area contributed by atoms with E-state index in [9.17, 15) is 9.90 Å². The van der Waals surface area contributed by atoms with E-state index in [0.29, 0.717) is 21.5 Å². The van der Waals surface area contributed by atoms with E-state index in [1.807, 2.05) is 0 Å². The molecule has 2 N–H and O–H groups in total.